The topological polar surface area (TPSA) is 69.3 Å². The maximum atomic E-state index is 5.49. The molecule has 0 radical (unpaired) electrons. The molecule has 0 saturated carbocycles. The third-order valence-corrected chi connectivity index (χ3v) is 5.61. The molecule has 4 aromatic rings. The van der Waals surface area contributed by atoms with Crippen LogP contribution in [-0.4, -0.2) is 36.3 Å². The van der Waals surface area contributed by atoms with E-state index < -0.39 is 0 Å². The zero-order chi connectivity index (χ0) is 22.0. The first-order valence-corrected chi connectivity index (χ1v) is 10.2. The second kappa shape index (κ2) is 8.30. The zero-order valence-electron chi connectivity index (χ0n) is 18.5. The van der Waals surface area contributed by atoms with Crippen molar-refractivity contribution in [3.05, 3.63) is 66.0 Å². The van der Waals surface area contributed by atoms with Gasteiger partial charge in [0.25, 0.3) is 0 Å². The third-order valence-electron chi connectivity index (χ3n) is 5.61. The second-order valence-corrected chi connectivity index (χ2v) is 8.11. The third kappa shape index (κ3) is 3.93. The van der Waals surface area contributed by atoms with Crippen LogP contribution in [0.5, 0.6) is 17.2 Å². The van der Waals surface area contributed by atoms with Crippen molar-refractivity contribution in [3.8, 4) is 28.5 Å². The minimum absolute atomic E-state index is 0.0410. The predicted molar refractivity (Wildman–Crippen MR) is 122 cm³/mol. The van der Waals surface area contributed by atoms with E-state index in [1.807, 2.05) is 24.4 Å². The van der Waals surface area contributed by atoms with Crippen LogP contribution in [-0.2, 0) is 11.8 Å². The fraction of sp³-hybridized carbons (Fsp3) is 0.280. The molecule has 4 rings (SSSR count). The van der Waals surface area contributed by atoms with Crippen LogP contribution in [0.1, 0.15) is 25.0 Å². The Balaban J connectivity index is 1.76. The van der Waals surface area contributed by atoms with Gasteiger partial charge in [0.05, 0.1) is 33.2 Å². The molecule has 2 heterocycles. The van der Waals surface area contributed by atoms with Gasteiger partial charge in [-0.15, -0.1) is 0 Å². The number of nitrogens with zero attached hydrogens (tertiary/aromatic N) is 2. The molecule has 1 N–H and O–H groups in total. The van der Waals surface area contributed by atoms with E-state index in [2.05, 4.69) is 48.1 Å². The quantitative estimate of drug-likeness (QED) is 0.449. The number of ether oxygens (including phenoxy) is 3. The van der Waals surface area contributed by atoms with Crippen molar-refractivity contribution in [2.45, 2.75) is 25.7 Å². The van der Waals surface area contributed by atoms with Gasteiger partial charge in [-0.3, -0.25) is 0 Å². The number of H-pyrrole nitrogens is 1. The average Bonchev–Trinajstić information content (AvgIpc) is 3.19. The molecule has 0 aliphatic carbocycles. The number of hydrogen-bond acceptors (Lipinski definition) is 5. The van der Waals surface area contributed by atoms with Gasteiger partial charge in [-0.1, -0.05) is 44.2 Å². The normalized spacial score (nSPS) is 11.5. The first-order chi connectivity index (χ1) is 15.0. The van der Waals surface area contributed by atoms with Crippen LogP contribution in [0.25, 0.3) is 22.4 Å². The van der Waals surface area contributed by atoms with Crippen LogP contribution in [0.4, 0.5) is 0 Å². The lowest BCUT2D eigenvalue weighted by Gasteiger charge is -2.25. The summed E-state index contributed by atoms with van der Waals surface area (Å²) >= 11 is 0. The van der Waals surface area contributed by atoms with E-state index in [1.165, 1.54) is 5.56 Å². The van der Waals surface area contributed by atoms with E-state index >= 15 is 0 Å². The SMILES string of the molecule is COc1cc(-c2cnc3[nH]cc(CC(C)(C)c4ccccc4)c3n2)cc(OC)c1OC. The molecule has 0 unspecified atom stereocenters. The van der Waals surface area contributed by atoms with Gasteiger partial charge >= 0.3 is 0 Å². The predicted octanol–water partition coefficient (Wildman–Crippen LogP) is 5.17. The molecule has 0 aliphatic rings. The number of benzene rings is 2. The highest BCUT2D eigenvalue weighted by Gasteiger charge is 2.23. The Kier molecular flexibility index (Phi) is 5.55. The molecule has 31 heavy (non-hydrogen) atoms. The van der Waals surface area contributed by atoms with Gasteiger partial charge in [0.2, 0.25) is 5.75 Å². The van der Waals surface area contributed by atoms with Crippen LogP contribution in [0.2, 0.25) is 0 Å². The van der Waals surface area contributed by atoms with Gasteiger partial charge in [0.15, 0.2) is 17.1 Å². The van der Waals surface area contributed by atoms with Crippen LogP contribution >= 0.6 is 0 Å². The molecule has 0 spiro atoms. The summed E-state index contributed by atoms with van der Waals surface area (Å²) < 4.78 is 16.4. The van der Waals surface area contributed by atoms with E-state index in [0.717, 1.165) is 34.4 Å². The molecular formula is C25H27N3O3. The van der Waals surface area contributed by atoms with Crippen molar-refractivity contribution in [1.82, 2.24) is 15.0 Å². The van der Waals surface area contributed by atoms with E-state index in [1.54, 1.807) is 27.5 Å². The van der Waals surface area contributed by atoms with Crippen molar-refractivity contribution in [2.24, 2.45) is 0 Å². The molecule has 0 saturated heterocycles. The molecular weight excluding hydrogens is 390 g/mol. The molecule has 0 amide bonds. The molecule has 6 heteroatoms. The molecule has 2 aromatic heterocycles. The number of methoxy groups -OCH3 is 3. The summed E-state index contributed by atoms with van der Waals surface area (Å²) in [5.41, 5.74) is 5.61. The van der Waals surface area contributed by atoms with Crippen molar-refractivity contribution in [1.29, 1.82) is 0 Å². The lowest BCUT2D eigenvalue weighted by atomic mass is 9.79. The Bertz CT molecular complexity index is 1170. The first-order valence-electron chi connectivity index (χ1n) is 10.2. The number of hydrogen-bond donors (Lipinski definition) is 1. The lowest BCUT2D eigenvalue weighted by Crippen LogP contribution is -2.20. The maximum absolute atomic E-state index is 5.49. The van der Waals surface area contributed by atoms with Crippen LogP contribution in [0.3, 0.4) is 0 Å². The Morgan fingerprint density at radius 3 is 2.23 bits per heavy atom. The monoisotopic (exact) mass is 417 g/mol. The maximum Gasteiger partial charge on any atom is 0.203 e. The molecule has 0 fully saturated rings. The van der Waals surface area contributed by atoms with Gasteiger partial charge in [0.1, 0.15) is 5.52 Å². The highest BCUT2D eigenvalue weighted by Crippen LogP contribution is 2.41. The van der Waals surface area contributed by atoms with Gasteiger partial charge in [-0.2, -0.15) is 0 Å². The summed E-state index contributed by atoms with van der Waals surface area (Å²) in [5.74, 6) is 1.71. The van der Waals surface area contributed by atoms with Gasteiger partial charge in [-0.25, -0.2) is 9.97 Å². The summed E-state index contributed by atoms with van der Waals surface area (Å²) in [6, 6.07) is 14.3. The standard InChI is InChI=1S/C25H27N3O3/c1-25(2,18-9-7-6-8-10-18)13-17-14-26-24-22(17)28-19(15-27-24)16-11-20(29-3)23(31-5)21(12-16)30-4/h6-12,14-15H,13H2,1-5H3,(H,26,27). The van der Waals surface area contributed by atoms with Gasteiger partial charge < -0.3 is 19.2 Å². The summed E-state index contributed by atoms with van der Waals surface area (Å²) in [4.78, 5) is 12.8. The van der Waals surface area contributed by atoms with Crippen molar-refractivity contribution in [2.75, 3.05) is 21.3 Å². The van der Waals surface area contributed by atoms with Crippen LogP contribution in [0.15, 0.2) is 54.9 Å². The molecule has 2 aromatic carbocycles. The molecule has 0 atom stereocenters. The zero-order valence-corrected chi connectivity index (χ0v) is 18.5. The Hall–Kier alpha value is -3.54. The van der Waals surface area contributed by atoms with Crippen molar-refractivity contribution >= 4 is 11.2 Å². The van der Waals surface area contributed by atoms with Crippen molar-refractivity contribution < 1.29 is 14.2 Å². The van der Waals surface area contributed by atoms with Crippen LogP contribution in [0, 0.1) is 0 Å². The summed E-state index contributed by atoms with van der Waals surface area (Å²) in [6.07, 6.45) is 4.60. The van der Waals surface area contributed by atoms with E-state index in [9.17, 15) is 0 Å². The summed E-state index contributed by atoms with van der Waals surface area (Å²) in [7, 11) is 4.80. The fourth-order valence-electron chi connectivity index (χ4n) is 3.91. The number of rotatable bonds is 7. The van der Waals surface area contributed by atoms with Gasteiger partial charge in [0, 0.05) is 11.8 Å². The summed E-state index contributed by atoms with van der Waals surface area (Å²) in [6.45, 7) is 4.50. The van der Waals surface area contributed by atoms with E-state index in [4.69, 9.17) is 19.2 Å². The van der Waals surface area contributed by atoms with Gasteiger partial charge in [-0.05, 0) is 35.1 Å². The molecule has 160 valence electrons. The highest BCUT2D eigenvalue weighted by atomic mass is 16.5. The van der Waals surface area contributed by atoms with Crippen molar-refractivity contribution in [3.63, 3.8) is 0 Å². The minimum atomic E-state index is -0.0410. The molecule has 6 nitrogen and oxygen atoms in total. The Labute approximate surface area is 182 Å². The molecule has 0 aliphatic heterocycles. The minimum Gasteiger partial charge on any atom is -0.493 e. The average molecular weight is 418 g/mol. The smallest absolute Gasteiger partial charge is 0.203 e. The molecule has 0 bridgehead atoms. The van der Waals surface area contributed by atoms with E-state index in [0.29, 0.717) is 17.2 Å². The highest BCUT2D eigenvalue weighted by molar-refractivity contribution is 5.79. The van der Waals surface area contributed by atoms with Crippen LogP contribution < -0.4 is 14.2 Å². The largest absolute Gasteiger partial charge is 0.493 e. The fourth-order valence-corrected chi connectivity index (χ4v) is 3.91. The number of nitrogens with one attached hydrogen (secondary N) is 1. The first kappa shape index (κ1) is 20.7. The Morgan fingerprint density at radius 2 is 1.61 bits per heavy atom. The Morgan fingerprint density at radius 1 is 0.935 bits per heavy atom. The summed E-state index contributed by atoms with van der Waals surface area (Å²) in [5, 5.41) is 0. The second-order valence-electron chi connectivity index (χ2n) is 8.11. The lowest BCUT2D eigenvalue weighted by molar-refractivity contribution is 0.324. The van der Waals surface area contributed by atoms with E-state index in [-0.39, 0.29) is 5.41 Å². The number of aromatic nitrogens is 3. The number of fused-ring (bicyclic) bond motifs is 1. The number of aromatic amines is 1.